The fraction of sp³-hybridized carbons (Fsp3) is 0.964. The first-order valence-corrected chi connectivity index (χ1v) is 14.2. The summed E-state index contributed by atoms with van der Waals surface area (Å²) in [5, 5.41) is 22.7. The van der Waals surface area contributed by atoms with Gasteiger partial charge in [-0.3, -0.25) is 4.79 Å². The molecule has 192 valence electrons. The lowest BCUT2D eigenvalue weighted by molar-refractivity contribution is -0.123. The van der Waals surface area contributed by atoms with Gasteiger partial charge in [-0.15, -0.1) is 0 Å². The average molecular weight is 456 g/mol. The van der Waals surface area contributed by atoms with E-state index in [0.717, 1.165) is 25.7 Å². The van der Waals surface area contributed by atoms with E-state index in [1.54, 1.807) is 0 Å². The molecule has 0 aromatic carbocycles. The van der Waals surface area contributed by atoms with E-state index in [9.17, 15) is 15.0 Å². The van der Waals surface area contributed by atoms with E-state index in [4.69, 9.17) is 0 Å². The summed E-state index contributed by atoms with van der Waals surface area (Å²) in [6, 6.07) is -0.524. The molecule has 0 spiro atoms. The fourth-order valence-corrected chi connectivity index (χ4v) is 4.36. The molecule has 32 heavy (non-hydrogen) atoms. The molecule has 0 aromatic heterocycles. The smallest absolute Gasteiger partial charge is 0.220 e. The van der Waals surface area contributed by atoms with Crippen molar-refractivity contribution < 1.29 is 15.0 Å². The number of nitrogens with one attached hydrogen (secondary N) is 1. The van der Waals surface area contributed by atoms with Crippen LogP contribution in [0.5, 0.6) is 0 Å². The molecule has 0 saturated carbocycles. The highest BCUT2D eigenvalue weighted by Crippen LogP contribution is 2.14. The topological polar surface area (TPSA) is 69.6 Å². The zero-order chi connectivity index (χ0) is 23.7. The highest BCUT2D eigenvalue weighted by Gasteiger charge is 2.19. The second-order valence-electron chi connectivity index (χ2n) is 9.83. The Hall–Kier alpha value is -0.610. The van der Waals surface area contributed by atoms with Gasteiger partial charge in [-0.2, -0.15) is 0 Å². The predicted molar refractivity (Wildman–Crippen MR) is 138 cm³/mol. The van der Waals surface area contributed by atoms with Crippen LogP contribution in [0.1, 0.15) is 155 Å². The molecule has 0 fully saturated rings. The summed E-state index contributed by atoms with van der Waals surface area (Å²) in [6.07, 6.45) is 25.7. The van der Waals surface area contributed by atoms with Crippen LogP contribution in [0.25, 0.3) is 0 Å². The maximum absolute atomic E-state index is 12.2. The standard InChI is InChI=1S/C28H57NO3/c1-3-5-7-9-11-12-13-14-15-16-18-20-22-24-28(32)29-26(25-30)27(31)23-21-19-17-10-8-6-4-2/h26-27,30-31H,3-25H2,1-2H3,(H,29,32). The van der Waals surface area contributed by atoms with Crippen LogP contribution in [0.2, 0.25) is 0 Å². The Kier molecular flexibility index (Phi) is 24.5. The van der Waals surface area contributed by atoms with E-state index in [-0.39, 0.29) is 12.5 Å². The van der Waals surface area contributed by atoms with Crippen molar-refractivity contribution >= 4 is 5.91 Å². The molecule has 3 N–H and O–H groups in total. The Morgan fingerprint density at radius 2 is 1.00 bits per heavy atom. The highest BCUT2D eigenvalue weighted by molar-refractivity contribution is 5.76. The summed E-state index contributed by atoms with van der Waals surface area (Å²) in [6.45, 7) is 4.29. The third-order valence-corrected chi connectivity index (χ3v) is 6.62. The van der Waals surface area contributed by atoms with Crippen LogP contribution in [0.3, 0.4) is 0 Å². The molecular weight excluding hydrogens is 398 g/mol. The molecule has 0 heterocycles. The number of hydrogen-bond acceptors (Lipinski definition) is 3. The van der Waals surface area contributed by atoms with Crippen molar-refractivity contribution in [3.63, 3.8) is 0 Å². The number of aliphatic hydroxyl groups excluding tert-OH is 2. The molecule has 4 nitrogen and oxygen atoms in total. The van der Waals surface area contributed by atoms with E-state index < -0.39 is 12.1 Å². The molecule has 0 aromatic rings. The summed E-state index contributed by atoms with van der Waals surface area (Å²) in [5.74, 6) is -0.0364. The van der Waals surface area contributed by atoms with E-state index in [1.165, 1.54) is 103 Å². The van der Waals surface area contributed by atoms with E-state index in [0.29, 0.717) is 12.8 Å². The molecule has 1 amide bonds. The number of carbonyl (C=O) groups is 1. The first kappa shape index (κ1) is 31.4. The molecule has 2 unspecified atom stereocenters. The fourth-order valence-electron chi connectivity index (χ4n) is 4.36. The van der Waals surface area contributed by atoms with Gasteiger partial charge in [-0.1, -0.05) is 136 Å². The van der Waals surface area contributed by atoms with Crippen molar-refractivity contribution in [3.05, 3.63) is 0 Å². The summed E-state index contributed by atoms with van der Waals surface area (Å²) in [5.41, 5.74) is 0. The average Bonchev–Trinajstić information content (AvgIpc) is 2.79. The normalized spacial score (nSPS) is 13.2. The van der Waals surface area contributed by atoms with Crippen LogP contribution in [-0.2, 0) is 4.79 Å². The third kappa shape index (κ3) is 21.2. The van der Waals surface area contributed by atoms with E-state index in [2.05, 4.69) is 19.2 Å². The lowest BCUT2D eigenvalue weighted by Crippen LogP contribution is -2.45. The minimum Gasteiger partial charge on any atom is -0.394 e. The molecule has 0 radical (unpaired) electrons. The summed E-state index contributed by atoms with van der Waals surface area (Å²) >= 11 is 0. The molecule has 0 bridgehead atoms. The Bertz CT molecular complexity index is 389. The van der Waals surface area contributed by atoms with Crippen molar-refractivity contribution in [1.29, 1.82) is 0 Å². The minimum absolute atomic E-state index is 0.0364. The Labute approximate surface area is 200 Å². The van der Waals surface area contributed by atoms with Crippen molar-refractivity contribution in [2.24, 2.45) is 0 Å². The number of rotatable bonds is 25. The van der Waals surface area contributed by atoms with Crippen LogP contribution in [0, 0.1) is 0 Å². The number of amides is 1. The molecule has 0 rings (SSSR count). The third-order valence-electron chi connectivity index (χ3n) is 6.62. The molecule has 0 saturated heterocycles. The van der Waals surface area contributed by atoms with Crippen LogP contribution in [0.15, 0.2) is 0 Å². The SMILES string of the molecule is CCCCCCCCCCCCCCCC(=O)NC(CO)C(O)CCCCCCCCC. The van der Waals surface area contributed by atoms with Crippen molar-refractivity contribution in [3.8, 4) is 0 Å². The molecular formula is C28H57NO3. The van der Waals surface area contributed by atoms with Crippen molar-refractivity contribution in [1.82, 2.24) is 5.32 Å². The monoisotopic (exact) mass is 455 g/mol. The molecule has 2 atom stereocenters. The Morgan fingerprint density at radius 1 is 0.625 bits per heavy atom. The van der Waals surface area contributed by atoms with E-state index in [1.807, 2.05) is 0 Å². The second-order valence-corrected chi connectivity index (χ2v) is 9.83. The quantitative estimate of drug-likeness (QED) is 0.125. The van der Waals surface area contributed by atoms with Crippen LogP contribution >= 0.6 is 0 Å². The van der Waals surface area contributed by atoms with Gasteiger partial charge < -0.3 is 15.5 Å². The Morgan fingerprint density at radius 3 is 1.41 bits per heavy atom. The van der Waals surface area contributed by atoms with Crippen molar-refractivity contribution in [2.45, 2.75) is 167 Å². The van der Waals surface area contributed by atoms with Gasteiger partial charge in [0.05, 0.1) is 18.8 Å². The summed E-state index contributed by atoms with van der Waals surface area (Å²) in [4.78, 5) is 12.2. The Balaban J connectivity index is 3.57. The van der Waals surface area contributed by atoms with Gasteiger partial charge in [0.2, 0.25) is 5.91 Å². The van der Waals surface area contributed by atoms with Gasteiger partial charge in [0.1, 0.15) is 0 Å². The van der Waals surface area contributed by atoms with Gasteiger partial charge >= 0.3 is 0 Å². The second kappa shape index (κ2) is 25.0. The number of aliphatic hydroxyl groups is 2. The van der Waals surface area contributed by atoms with Crippen LogP contribution in [-0.4, -0.2) is 34.9 Å². The largest absolute Gasteiger partial charge is 0.394 e. The first-order chi connectivity index (χ1) is 15.7. The van der Waals surface area contributed by atoms with E-state index >= 15 is 0 Å². The molecule has 0 aliphatic carbocycles. The van der Waals surface area contributed by atoms with Gasteiger partial charge in [0.15, 0.2) is 0 Å². The minimum atomic E-state index is -0.647. The maximum atomic E-state index is 12.2. The zero-order valence-corrected chi connectivity index (χ0v) is 21.7. The summed E-state index contributed by atoms with van der Waals surface area (Å²) < 4.78 is 0. The van der Waals surface area contributed by atoms with Gasteiger partial charge in [0.25, 0.3) is 0 Å². The predicted octanol–water partition coefficient (Wildman–Crippen LogP) is 7.45. The first-order valence-electron chi connectivity index (χ1n) is 14.2. The number of unbranched alkanes of at least 4 members (excludes halogenated alkanes) is 18. The van der Waals surface area contributed by atoms with Gasteiger partial charge in [-0.05, 0) is 12.8 Å². The number of carbonyl (C=O) groups excluding carboxylic acids is 1. The molecule has 0 aliphatic rings. The zero-order valence-electron chi connectivity index (χ0n) is 21.7. The maximum Gasteiger partial charge on any atom is 0.220 e. The molecule has 0 aliphatic heterocycles. The lowest BCUT2D eigenvalue weighted by Gasteiger charge is -2.22. The molecule has 4 heteroatoms. The van der Waals surface area contributed by atoms with Gasteiger partial charge in [-0.25, -0.2) is 0 Å². The van der Waals surface area contributed by atoms with Gasteiger partial charge in [0, 0.05) is 6.42 Å². The van der Waals surface area contributed by atoms with Crippen LogP contribution in [0.4, 0.5) is 0 Å². The van der Waals surface area contributed by atoms with Crippen LogP contribution < -0.4 is 5.32 Å². The van der Waals surface area contributed by atoms with Crippen molar-refractivity contribution in [2.75, 3.05) is 6.61 Å². The lowest BCUT2D eigenvalue weighted by atomic mass is 10.0. The number of hydrogen-bond donors (Lipinski definition) is 3. The highest BCUT2D eigenvalue weighted by atomic mass is 16.3. The summed E-state index contributed by atoms with van der Waals surface area (Å²) in [7, 11) is 0.